The Balaban J connectivity index is 1.56. The number of hydrogen-bond donors (Lipinski definition) is 0. The molecular weight excluding hydrogens is 390 g/mol. The molecule has 6 heteroatoms. The first-order chi connectivity index (χ1) is 13.6. The van der Waals surface area contributed by atoms with Gasteiger partial charge in [0.05, 0.1) is 4.91 Å². The summed E-state index contributed by atoms with van der Waals surface area (Å²) in [5, 5.41) is 0. The van der Waals surface area contributed by atoms with Gasteiger partial charge in [-0.25, -0.2) is 0 Å². The summed E-state index contributed by atoms with van der Waals surface area (Å²) in [5.41, 5.74) is 2.00. The quantitative estimate of drug-likeness (QED) is 0.272. The molecule has 1 aliphatic heterocycles. The number of likely N-dealkylation sites (N-methyl/N-ethyl adjacent to an activating group) is 1. The van der Waals surface area contributed by atoms with E-state index in [0.29, 0.717) is 22.4 Å². The number of thiocarbonyl (C=S) groups is 1. The number of hydrogen-bond acceptors (Lipinski definition) is 5. The predicted octanol–water partition coefficient (Wildman–Crippen LogP) is 4.70. The van der Waals surface area contributed by atoms with Crippen molar-refractivity contribution in [3.05, 3.63) is 77.2 Å². The first-order valence-corrected chi connectivity index (χ1v) is 10.1. The first kappa shape index (κ1) is 20.2. The second kappa shape index (κ2) is 9.57. The molecule has 1 heterocycles. The molecule has 0 unspecified atom stereocenters. The third kappa shape index (κ3) is 5.03. The maximum absolute atomic E-state index is 12.1. The van der Waals surface area contributed by atoms with Crippen LogP contribution >= 0.6 is 24.0 Å². The maximum atomic E-state index is 12.1. The third-order valence-electron chi connectivity index (χ3n) is 4.09. The Hall–Kier alpha value is -2.57. The number of nitrogens with zero attached hydrogens (tertiary/aromatic N) is 1. The van der Waals surface area contributed by atoms with Gasteiger partial charge in [0.15, 0.2) is 0 Å². The molecule has 0 aromatic heterocycles. The van der Waals surface area contributed by atoms with E-state index < -0.39 is 0 Å². The number of benzene rings is 2. The highest BCUT2D eigenvalue weighted by molar-refractivity contribution is 8.26. The average molecular weight is 412 g/mol. The van der Waals surface area contributed by atoms with Crippen molar-refractivity contribution in [2.24, 2.45) is 0 Å². The molecule has 3 rings (SSSR count). The van der Waals surface area contributed by atoms with E-state index >= 15 is 0 Å². The van der Waals surface area contributed by atoms with Gasteiger partial charge in [-0.15, -0.1) is 6.58 Å². The van der Waals surface area contributed by atoms with Crippen molar-refractivity contribution in [2.75, 3.05) is 20.3 Å². The minimum Gasteiger partial charge on any atom is -0.490 e. The van der Waals surface area contributed by atoms with Crippen molar-refractivity contribution in [1.82, 2.24) is 4.90 Å². The lowest BCUT2D eigenvalue weighted by Crippen LogP contribution is -2.22. The Morgan fingerprint density at radius 1 is 1.14 bits per heavy atom. The molecule has 0 spiro atoms. The molecule has 0 aliphatic carbocycles. The van der Waals surface area contributed by atoms with E-state index in [0.717, 1.165) is 29.0 Å². The Bertz CT molecular complexity index is 924. The Kier molecular flexibility index (Phi) is 6.90. The lowest BCUT2D eigenvalue weighted by molar-refractivity contribution is -0.121. The molecule has 0 N–H and O–H groups in total. The summed E-state index contributed by atoms with van der Waals surface area (Å²) in [7, 11) is 1.69. The van der Waals surface area contributed by atoms with Crippen LogP contribution in [0, 0.1) is 0 Å². The van der Waals surface area contributed by atoms with Crippen LogP contribution < -0.4 is 9.47 Å². The monoisotopic (exact) mass is 411 g/mol. The van der Waals surface area contributed by atoms with Crippen LogP contribution in [-0.2, 0) is 11.2 Å². The minimum atomic E-state index is -0.0760. The number of rotatable bonds is 8. The van der Waals surface area contributed by atoms with Gasteiger partial charge in [0.25, 0.3) is 5.91 Å². The zero-order valence-corrected chi connectivity index (χ0v) is 17.2. The third-order valence-corrected chi connectivity index (χ3v) is 5.57. The van der Waals surface area contributed by atoms with Crippen LogP contribution in [0.5, 0.6) is 11.5 Å². The molecule has 1 amide bonds. The van der Waals surface area contributed by atoms with Crippen LogP contribution in [0.4, 0.5) is 0 Å². The second-order valence-electron chi connectivity index (χ2n) is 6.11. The molecule has 0 radical (unpaired) electrons. The number of carbonyl (C=O) groups excluding carboxylic acids is 1. The lowest BCUT2D eigenvalue weighted by atomic mass is 10.1. The van der Waals surface area contributed by atoms with Crippen LogP contribution in [0.2, 0.25) is 0 Å². The summed E-state index contributed by atoms with van der Waals surface area (Å²) in [6.07, 6.45) is 4.46. The second-order valence-corrected chi connectivity index (χ2v) is 7.79. The number of para-hydroxylation sites is 1. The van der Waals surface area contributed by atoms with Gasteiger partial charge in [-0.05, 0) is 41.8 Å². The summed E-state index contributed by atoms with van der Waals surface area (Å²) in [6.45, 7) is 4.63. The van der Waals surface area contributed by atoms with Gasteiger partial charge in [-0.2, -0.15) is 0 Å². The van der Waals surface area contributed by atoms with Gasteiger partial charge in [0.2, 0.25) is 0 Å². The number of allylic oxidation sites excluding steroid dienone is 1. The van der Waals surface area contributed by atoms with Crippen LogP contribution in [0.15, 0.2) is 66.1 Å². The van der Waals surface area contributed by atoms with Gasteiger partial charge >= 0.3 is 0 Å². The number of amides is 1. The fourth-order valence-electron chi connectivity index (χ4n) is 2.67. The average Bonchev–Trinajstić information content (AvgIpc) is 2.94. The van der Waals surface area contributed by atoms with Crippen LogP contribution in [-0.4, -0.2) is 35.4 Å². The molecule has 0 bridgehead atoms. The predicted molar refractivity (Wildman–Crippen MR) is 119 cm³/mol. The van der Waals surface area contributed by atoms with E-state index in [4.69, 9.17) is 21.7 Å². The molecule has 1 aliphatic rings. The molecule has 4 nitrogen and oxygen atoms in total. The van der Waals surface area contributed by atoms with Gasteiger partial charge in [0, 0.05) is 7.05 Å². The summed E-state index contributed by atoms with van der Waals surface area (Å²) >= 11 is 6.47. The fourth-order valence-corrected chi connectivity index (χ4v) is 3.85. The van der Waals surface area contributed by atoms with E-state index in [9.17, 15) is 4.79 Å². The molecule has 28 heavy (non-hydrogen) atoms. The van der Waals surface area contributed by atoms with Gasteiger partial charge in [-0.1, -0.05) is 60.4 Å². The topological polar surface area (TPSA) is 38.8 Å². The standard InChI is InChI=1S/C22H21NO3S2/c1-3-7-17-9-4-5-11-19(17)26-13-12-25-18-10-6-8-16(14-18)15-20-21(24)23(2)22(27)28-20/h3-6,8-11,14-15H,1,7,12-13H2,2H3/b20-15+. The highest BCUT2D eigenvalue weighted by atomic mass is 32.2. The van der Waals surface area contributed by atoms with Crippen LogP contribution in [0.1, 0.15) is 11.1 Å². The van der Waals surface area contributed by atoms with E-state index in [-0.39, 0.29) is 5.91 Å². The van der Waals surface area contributed by atoms with Gasteiger partial charge in [0.1, 0.15) is 29.0 Å². The molecule has 1 saturated heterocycles. The number of carbonyl (C=O) groups is 1. The largest absolute Gasteiger partial charge is 0.490 e. The highest BCUT2D eigenvalue weighted by Gasteiger charge is 2.28. The summed E-state index contributed by atoms with van der Waals surface area (Å²) < 4.78 is 12.2. The molecule has 0 saturated carbocycles. The van der Waals surface area contributed by atoms with E-state index in [2.05, 4.69) is 6.58 Å². The zero-order chi connectivity index (χ0) is 19.9. The summed E-state index contributed by atoms with van der Waals surface area (Å²) in [4.78, 5) is 14.2. The first-order valence-electron chi connectivity index (χ1n) is 8.84. The van der Waals surface area contributed by atoms with Crippen molar-refractivity contribution in [1.29, 1.82) is 0 Å². The highest BCUT2D eigenvalue weighted by Crippen LogP contribution is 2.31. The van der Waals surface area contributed by atoms with Crippen molar-refractivity contribution >= 4 is 40.3 Å². The molecule has 144 valence electrons. The molecule has 2 aromatic rings. The Morgan fingerprint density at radius 2 is 1.93 bits per heavy atom. The van der Waals surface area contributed by atoms with Crippen molar-refractivity contribution in [3.63, 3.8) is 0 Å². The fraction of sp³-hybridized carbons (Fsp3) is 0.182. The lowest BCUT2D eigenvalue weighted by Gasteiger charge is -2.11. The van der Waals surface area contributed by atoms with Gasteiger partial charge < -0.3 is 9.47 Å². The molecule has 2 aromatic carbocycles. The van der Waals surface area contributed by atoms with E-state index in [1.54, 1.807) is 7.05 Å². The normalized spacial score (nSPS) is 15.2. The molecular formula is C22H21NO3S2. The summed E-state index contributed by atoms with van der Waals surface area (Å²) in [6, 6.07) is 15.5. The van der Waals surface area contributed by atoms with Crippen LogP contribution in [0.3, 0.4) is 0 Å². The zero-order valence-electron chi connectivity index (χ0n) is 15.6. The van der Waals surface area contributed by atoms with Crippen LogP contribution in [0.25, 0.3) is 6.08 Å². The Morgan fingerprint density at radius 3 is 2.68 bits per heavy atom. The van der Waals surface area contributed by atoms with E-state index in [1.807, 2.05) is 60.7 Å². The van der Waals surface area contributed by atoms with E-state index in [1.165, 1.54) is 16.7 Å². The summed E-state index contributed by atoms with van der Waals surface area (Å²) in [5.74, 6) is 1.50. The minimum absolute atomic E-state index is 0.0760. The van der Waals surface area contributed by atoms with Crippen molar-refractivity contribution in [2.45, 2.75) is 6.42 Å². The van der Waals surface area contributed by atoms with Crippen molar-refractivity contribution in [3.8, 4) is 11.5 Å². The number of thioether (sulfide) groups is 1. The number of ether oxygens (including phenoxy) is 2. The maximum Gasteiger partial charge on any atom is 0.265 e. The Labute approximate surface area is 174 Å². The van der Waals surface area contributed by atoms with Crippen molar-refractivity contribution < 1.29 is 14.3 Å². The molecule has 0 atom stereocenters. The SMILES string of the molecule is C=CCc1ccccc1OCCOc1cccc(/C=C2/SC(=S)N(C)C2=O)c1. The molecule has 1 fully saturated rings. The smallest absolute Gasteiger partial charge is 0.265 e. The van der Waals surface area contributed by atoms with Gasteiger partial charge in [-0.3, -0.25) is 9.69 Å².